The van der Waals surface area contributed by atoms with Gasteiger partial charge in [0.2, 0.25) is 0 Å². The Morgan fingerprint density at radius 2 is 2.25 bits per heavy atom. The molecule has 0 spiro atoms. The van der Waals surface area contributed by atoms with Crippen molar-refractivity contribution in [1.82, 2.24) is 0 Å². The molecule has 0 bridgehead atoms. The molecule has 1 aliphatic carbocycles. The maximum atomic E-state index is 13.3. The lowest BCUT2D eigenvalue weighted by molar-refractivity contribution is 0.175. The van der Waals surface area contributed by atoms with Gasteiger partial charge in [-0.05, 0) is 40.4 Å². The Morgan fingerprint density at radius 1 is 1.50 bits per heavy atom. The Morgan fingerprint density at radius 3 is 3.00 bits per heavy atom. The molecule has 1 nitrogen and oxygen atoms in total. The first kappa shape index (κ1) is 8.20. The number of hydrogen-bond acceptors (Lipinski definition) is 1. The third-order valence-electron chi connectivity index (χ3n) is 2.24. The molecule has 0 aliphatic heterocycles. The first-order chi connectivity index (χ1) is 5.70. The second-order valence-electron chi connectivity index (χ2n) is 2.99. The van der Waals surface area contributed by atoms with E-state index in [0.717, 1.165) is 12.0 Å². The summed E-state index contributed by atoms with van der Waals surface area (Å²) in [5.41, 5.74) is 1.41. The molecule has 1 aliphatic rings. The fourth-order valence-corrected chi connectivity index (χ4v) is 1.97. The highest BCUT2D eigenvalue weighted by Crippen LogP contribution is 2.35. The van der Waals surface area contributed by atoms with E-state index in [2.05, 4.69) is 15.9 Å². The van der Waals surface area contributed by atoms with Gasteiger partial charge in [-0.25, -0.2) is 4.39 Å². The van der Waals surface area contributed by atoms with Crippen molar-refractivity contribution in [2.45, 2.75) is 18.9 Å². The molecule has 3 heteroatoms. The number of aliphatic hydroxyl groups excluding tert-OH is 1. The van der Waals surface area contributed by atoms with E-state index in [1.807, 2.05) is 6.07 Å². The standard InChI is InChI=1S/C9H8BrFO/c10-6-3-1-5-2-4-7(12)8(5)9(6)11/h1,3,7,12H,2,4H2. The maximum absolute atomic E-state index is 13.3. The highest BCUT2D eigenvalue weighted by Gasteiger charge is 2.24. The van der Waals surface area contributed by atoms with Crippen LogP contribution in [0.4, 0.5) is 4.39 Å². The summed E-state index contributed by atoms with van der Waals surface area (Å²) in [6, 6.07) is 3.55. The van der Waals surface area contributed by atoms with Gasteiger partial charge in [-0.3, -0.25) is 0 Å². The van der Waals surface area contributed by atoms with E-state index < -0.39 is 6.10 Å². The Labute approximate surface area is 78.3 Å². The van der Waals surface area contributed by atoms with Crippen LogP contribution in [0.3, 0.4) is 0 Å². The number of aliphatic hydroxyl groups is 1. The predicted molar refractivity (Wildman–Crippen MR) is 47.4 cm³/mol. The largest absolute Gasteiger partial charge is 0.388 e. The average molecular weight is 231 g/mol. The third-order valence-corrected chi connectivity index (χ3v) is 2.86. The van der Waals surface area contributed by atoms with E-state index in [4.69, 9.17) is 0 Å². The highest BCUT2D eigenvalue weighted by atomic mass is 79.9. The summed E-state index contributed by atoms with van der Waals surface area (Å²) < 4.78 is 13.8. The van der Waals surface area contributed by atoms with Crippen LogP contribution in [0.5, 0.6) is 0 Å². The fourth-order valence-electron chi connectivity index (χ4n) is 1.62. The molecule has 0 heterocycles. The van der Waals surface area contributed by atoms with E-state index in [0.29, 0.717) is 16.5 Å². The van der Waals surface area contributed by atoms with E-state index in [1.165, 1.54) is 0 Å². The molecule has 1 atom stereocenters. The van der Waals surface area contributed by atoms with Crippen LogP contribution >= 0.6 is 15.9 Å². The summed E-state index contributed by atoms with van der Waals surface area (Å²) in [6.07, 6.45) is 0.807. The van der Waals surface area contributed by atoms with Gasteiger partial charge in [-0.2, -0.15) is 0 Å². The average Bonchev–Trinajstić information content (AvgIpc) is 2.41. The first-order valence-corrected chi connectivity index (χ1v) is 4.64. The van der Waals surface area contributed by atoms with Crippen molar-refractivity contribution in [3.63, 3.8) is 0 Å². The fraction of sp³-hybridized carbons (Fsp3) is 0.333. The molecule has 0 amide bonds. The van der Waals surface area contributed by atoms with Gasteiger partial charge in [0.1, 0.15) is 5.82 Å². The van der Waals surface area contributed by atoms with Crippen LogP contribution in [0.1, 0.15) is 23.7 Å². The molecule has 0 saturated heterocycles. The van der Waals surface area contributed by atoms with E-state index in [-0.39, 0.29) is 5.82 Å². The maximum Gasteiger partial charge on any atom is 0.143 e. The van der Waals surface area contributed by atoms with Crippen LogP contribution in [0, 0.1) is 5.82 Å². The molecular formula is C9H8BrFO. The lowest BCUT2D eigenvalue weighted by Gasteiger charge is -2.05. The lowest BCUT2D eigenvalue weighted by Crippen LogP contribution is -1.95. The van der Waals surface area contributed by atoms with Crippen LogP contribution in [-0.2, 0) is 6.42 Å². The summed E-state index contributed by atoms with van der Waals surface area (Å²) in [5.74, 6) is -0.308. The third kappa shape index (κ3) is 1.08. The second kappa shape index (κ2) is 2.82. The van der Waals surface area contributed by atoms with Gasteiger partial charge in [-0.15, -0.1) is 0 Å². The minimum Gasteiger partial charge on any atom is -0.388 e. The molecule has 64 valence electrons. The molecule has 0 aromatic heterocycles. The smallest absolute Gasteiger partial charge is 0.143 e. The van der Waals surface area contributed by atoms with Crippen molar-refractivity contribution in [3.8, 4) is 0 Å². The van der Waals surface area contributed by atoms with Gasteiger partial charge in [0.25, 0.3) is 0 Å². The normalized spacial score (nSPS) is 21.1. The summed E-state index contributed by atoms with van der Waals surface area (Å²) in [5, 5.41) is 9.43. The summed E-state index contributed by atoms with van der Waals surface area (Å²) >= 11 is 3.09. The van der Waals surface area contributed by atoms with Gasteiger partial charge in [-0.1, -0.05) is 6.07 Å². The molecule has 2 rings (SSSR count). The van der Waals surface area contributed by atoms with Gasteiger partial charge in [0, 0.05) is 5.56 Å². The molecule has 1 N–H and O–H groups in total. The van der Waals surface area contributed by atoms with Crippen molar-refractivity contribution in [3.05, 3.63) is 33.5 Å². The van der Waals surface area contributed by atoms with Crippen LogP contribution in [0.2, 0.25) is 0 Å². The van der Waals surface area contributed by atoms with Crippen LogP contribution < -0.4 is 0 Å². The summed E-state index contributed by atoms with van der Waals surface area (Å²) in [6.45, 7) is 0. The number of hydrogen-bond donors (Lipinski definition) is 1. The highest BCUT2D eigenvalue weighted by molar-refractivity contribution is 9.10. The number of aryl methyl sites for hydroxylation is 1. The monoisotopic (exact) mass is 230 g/mol. The minimum atomic E-state index is -0.613. The molecular weight excluding hydrogens is 223 g/mol. The Bertz CT molecular complexity index is 325. The summed E-state index contributed by atoms with van der Waals surface area (Å²) in [7, 11) is 0. The topological polar surface area (TPSA) is 20.2 Å². The van der Waals surface area contributed by atoms with Crippen molar-refractivity contribution < 1.29 is 9.50 Å². The van der Waals surface area contributed by atoms with Crippen molar-refractivity contribution in [2.24, 2.45) is 0 Å². The quantitative estimate of drug-likeness (QED) is 0.727. The van der Waals surface area contributed by atoms with Crippen LogP contribution in [0.25, 0.3) is 0 Å². The number of rotatable bonds is 0. The van der Waals surface area contributed by atoms with Crippen LogP contribution in [0.15, 0.2) is 16.6 Å². The van der Waals surface area contributed by atoms with Crippen molar-refractivity contribution in [2.75, 3.05) is 0 Å². The zero-order chi connectivity index (χ0) is 8.72. The predicted octanol–water partition coefficient (Wildman–Crippen LogP) is 2.57. The first-order valence-electron chi connectivity index (χ1n) is 3.85. The van der Waals surface area contributed by atoms with Gasteiger partial charge >= 0.3 is 0 Å². The van der Waals surface area contributed by atoms with E-state index in [9.17, 15) is 9.50 Å². The molecule has 0 radical (unpaired) electrons. The zero-order valence-electron chi connectivity index (χ0n) is 6.35. The van der Waals surface area contributed by atoms with Crippen molar-refractivity contribution in [1.29, 1.82) is 0 Å². The minimum absolute atomic E-state index is 0.308. The van der Waals surface area contributed by atoms with Gasteiger partial charge in [0.15, 0.2) is 0 Å². The second-order valence-corrected chi connectivity index (χ2v) is 3.84. The van der Waals surface area contributed by atoms with Gasteiger partial charge in [0.05, 0.1) is 10.6 Å². The lowest BCUT2D eigenvalue weighted by atomic mass is 10.1. The molecule has 12 heavy (non-hydrogen) atoms. The molecule has 1 aromatic carbocycles. The molecule has 1 aromatic rings. The zero-order valence-corrected chi connectivity index (χ0v) is 7.94. The summed E-state index contributed by atoms with van der Waals surface area (Å²) in [4.78, 5) is 0. The Balaban J connectivity index is 2.63. The number of benzene rings is 1. The van der Waals surface area contributed by atoms with E-state index in [1.54, 1.807) is 6.07 Å². The van der Waals surface area contributed by atoms with Crippen molar-refractivity contribution >= 4 is 15.9 Å². The SMILES string of the molecule is OC1CCc2ccc(Br)c(F)c21. The molecule has 0 saturated carbocycles. The Kier molecular flexibility index (Phi) is 1.93. The van der Waals surface area contributed by atoms with E-state index >= 15 is 0 Å². The Hall–Kier alpha value is -0.410. The number of halogens is 2. The molecule has 1 unspecified atom stereocenters. The number of fused-ring (bicyclic) bond motifs is 1. The van der Waals surface area contributed by atoms with Gasteiger partial charge < -0.3 is 5.11 Å². The van der Waals surface area contributed by atoms with Crippen LogP contribution in [-0.4, -0.2) is 5.11 Å². The molecule has 0 fully saturated rings.